The third-order valence-electron chi connectivity index (χ3n) is 3.08. The summed E-state index contributed by atoms with van der Waals surface area (Å²) in [6, 6.07) is 0. The maximum absolute atomic E-state index is 12.9. The Labute approximate surface area is 119 Å². The third-order valence-corrected chi connectivity index (χ3v) is 3.08. The molecule has 0 spiro atoms. The number of oxazole rings is 1. The molecule has 2 aromatic heterocycles. The van der Waals surface area contributed by atoms with Gasteiger partial charge in [0.15, 0.2) is 5.69 Å². The van der Waals surface area contributed by atoms with Gasteiger partial charge in [0.1, 0.15) is 12.3 Å². The molecule has 116 valence electrons. The fraction of sp³-hybridized carbons (Fsp3) is 0.538. The van der Waals surface area contributed by atoms with Crippen molar-refractivity contribution < 1.29 is 22.7 Å². The quantitative estimate of drug-likeness (QED) is 0.921. The minimum absolute atomic E-state index is 0.0386. The van der Waals surface area contributed by atoms with E-state index >= 15 is 0 Å². The van der Waals surface area contributed by atoms with Crippen LogP contribution in [0.4, 0.5) is 13.2 Å². The summed E-state index contributed by atoms with van der Waals surface area (Å²) in [7, 11) is 0. The lowest BCUT2D eigenvalue weighted by molar-refractivity contribution is -0.142. The average Bonchev–Trinajstić information content (AvgIpc) is 2.91. The van der Waals surface area contributed by atoms with E-state index in [9.17, 15) is 13.2 Å². The van der Waals surface area contributed by atoms with Crippen molar-refractivity contribution in [3.8, 4) is 0 Å². The molecule has 0 saturated carbocycles. The highest BCUT2D eigenvalue weighted by molar-refractivity contribution is 5.20. The van der Waals surface area contributed by atoms with Crippen LogP contribution in [0.1, 0.15) is 35.0 Å². The lowest BCUT2D eigenvalue weighted by atomic mass is 10.1. The second-order valence-electron chi connectivity index (χ2n) is 4.77. The Morgan fingerprint density at radius 1 is 1.33 bits per heavy atom. The second kappa shape index (κ2) is 5.88. The first-order valence-electron chi connectivity index (χ1n) is 6.48. The molecular formula is C13H16F3N3O2. The van der Waals surface area contributed by atoms with Crippen molar-refractivity contribution in [1.82, 2.24) is 14.8 Å². The van der Waals surface area contributed by atoms with Gasteiger partial charge in [-0.05, 0) is 26.7 Å². The third kappa shape index (κ3) is 3.63. The van der Waals surface area contributed by atoms with Crippen molar-refractivity contribution >= 4 is 0 Å². The Morgan fingerprint density at radius 3 is 2.57 bits per heavy atom. The number of halogens is 3. The first-order valence-corrected chi connectivity index (χ1v) is 6.48. The van der Waals surface area contributed by atoms with Crippen LogP contribution < -0.4 is 0 Å². The topological polar surface area (TPSA) is 64.1 Å². The highest BCUT2D eigenvalue weighted by Gasteiger charge is 2.36. The molecule has 1 N–H and O–H groups in total. The monoisotopic (exact) mass is 303 g/mol. The van der Waals surface area contributed by atoms with Crippen LogP contribution in [0.3, 0.4) is 0 Å². The fourth-order valence-electron chi connectivity index (χ4n) is 1.98. The molecule has 0 atom stereocenters. The number of nitrogens with zero attached hydrogens (tertiary/aromatic N) is 3. The zero-order valence-corrected chi connectivity index (χ0v) is 11.7. The molecule has 0 bridgehead atoms. The first kappa shape index (κ1) is 15.6. The van der Waals surface area contributed by atoms with E-state index in [0.717, 1.165) is 0 Å². The molecule has 0 aromatic carbocycles. The van der Waals surface area contributed by atoms with Crippen molar-refractivity contribution in [2.24, 2.45) is 0 Å². The van der Waals surface area contributed by atoms with Crippen molar-refractivity contribution in [1.29, 1.82) is 0 Å². The summed E-state index contributed by atoms with van der Waals surface area (Å²) in [5.41, 5.74) is -0.152. The van der Waals surface area contributed by atoms with Gasteiger partial charge in [-0.25, -0.2) is 4.98 Å². The van der Waals surface area contributed by atoms with Crippen LogP contribution in [-0.2, 0) is 19.1 Å². The summed E-state index contributed by atoms with van der Waals surface area (Å²) >= 11 is 0. The fourth-order valence-corrected chi connectivity index (χ4v) is 1.98. The van der Waals surface area contributed by atoms with Crippen molar-refractivity contribution in [3.05, 3.63) is 34.8 Å². The summed E-state index contributed by atoms with van der Waals surface area (Å²) < 4.78 is 45.3. The zero-order valence-electron chi connectivity index (χ0n) is 11.7. The molecule has 0 fully saturated rings. The van der Waals surface area contributed by atoms with E-state index in [1.807, 2.05) is 0 Å². The van der Waals surface area contributed by atoms with Gasteiger partial charge in [-0.3, -0.25) is 4.68 Å². The molecule has 0 amide bonds. The Kier molecular flexibility index (Phi) is 4.36. The molecule has 2 heterocycles. The second-order valence-corrected chi connectivity index (χ2v) is 4.77. The van der Waals surface area contributed by atoms with Crippen molar-refractivity contribution in [2.45, 2.75) is 39.4 Å². The minimum atomic E-state index is -4.52. The van der Waals surface area contributed by atoms with Gasteiger partial charge in [-0.1, -0.05) is 0 Å². The maximum Gasteiger partial charge on any atom is 0.435 e. The van der Waals surface area contributed by atoms with Gasteiger partial charge >= 0.3 is 6.18 Å². The number of aromatic nitrogens is 3. The van der Waals surface area contributed by atoms with Crippen molar-refractivity contribution in [3.63, 3.8) is 0 Å². The van der Waals surface area contributed by atoms with Crippen LogP contribution >= 0.6 is 0 Å². The standard InChI is InChI=1S/C13H16F3N3O2/c1-8-9(2)21-11(17-8)7-19-6-10(4-3-5-20)12(18-19)13(14,15)16/h6,20H,3-5,7H2,1-2H3. The highest BCUT2D eigenvalue weighted by Crippen LogP contribution is 2.31. The molecule has 21 heavy (non-hydrogen) atoms. The molecule has 0 aliphatic heterocycles. The lowest BCUT2D eigenvalue weighted by Crippen LogP contribution is -2.10. The van der Waals surface area contributed by atoms with E-state index in [2.05, 4.69) is 10.1 Å². The van der Waals surface area contributed by atoms with Crippen LogP contribution in [0.25, 0.3) is 0 Å². The molecule has 2 aromatic rings. The van der Waals surface area contributed by atoms with Crippen molar-refractivity contribution in [2.75, 3.05) is 6.61 Å². The van der Waals surface area contributed by atoms with Crippen LogP contribution in [0.5, 0.6) is 0 Å². The van der Waals surface area contributed by atoms with Crippen LogP contribution in [-0.4, -0.2) is 26.5 Å². The van der Waals surface area contributed by atoms with Crippen LogP contribution in [0, 0.1) is 13.8 Å². The predicted octanol–water partition coefficient (Wildman–Crippen LogP) is 2.48. The molecule has 0 saturated heterocycles. The van der Waals surface area contributed by atoms with E-state index in [4.69, 9.17) is 9.52 Å². The highest BCUT2D eigenvalue weighted by atomic mass is 19.4. The van der Waals surface area contributed by atoms with Gasteiger partial charge in [0.2, 0.25) is 5.89 Å². The number of hydrogen-bond donors (Lipinski definition) is 1. The predicted molar refractivity (Wildman–Crippen MR) is 67.7 cm³/mol. The molecule has 0 unspecified atom stereocenters. The first-order chi connectivity index (χ1) is 9.81. The number of alkyl halides is 3. The Morgan fingerprint density at radius 2 is 2.05 bits per heavy atom. The maximum atomic E-state index is 12.9. The normalized spacial score (nSPS) is 12.1. The Balaban J connectivity index is 2.25. The Hall–Kier alpha value is -1.83. The molecule has 8 heteroatoms. The molecule has 0 aliphatic rings. The van der Waals surface area contributed by atoms with Gasteiger partial charge in [-0.15, -0.1) is 0 Å². The summed E-state index contributed by atoms with van der Waals surface area (Å²) in [6.45, 7) is 3.37. The van der Waals surface area contributed by atoms with Crippen LogP contribution in [0.15, 0.2) is 10.6 Å². The summed E-state index contributed by atoms with van der Waals surface area (Å²) in [4.78, 5) is 4.12. The van der Waals surface area contributed by atoms with Gasteiger partial charge in [-0.2, -0.15) is 18.3 Å². The van der Waals surface area contributed by atoms with E-state index in [1.165, 1.54) is 10.9 Å². The smallest absolute Gasteiger partial charge is 0.435 e. The number of hydrogen-bond acceptors (Lipinski definition) is 4. The van der Waals surface area contributed by atoms with E-state index in [-0.39, 0.29) is 31.6 Å². The number of aryl methyl sites for hydroxylation is 3. The van der Waals surface area contributed by atoms with E-state index in [1.54, 1.807) is 13.8 Å². The summed E-state index contributed by atoms with van der Waals surface area (Å²) in [5, 5.41) is 12.3. The summed E-state index contributed by atoms with van der Waals surface area (Å²) in [5.74, 6) is 0.948. The average molecular weight is 303 g/mol. The SMILES string of the molecule is Cc1nc(Cn2cc(CCCO)c(C(F)(F)F)n2)oc1C. The van der Waals surface area contributed by atoms with Gasteiger partial charge in [0.05, 0.1) is 5.69 Å². The molecule has 0 radical (unpaired) electrons. The lowest BCUT2D eigenvalue weighted by Gasteiger charge is -2.04. The number of aliphatic hydroxyl groups excluding tert-OH is 1. The molecule has 0 aliphatic carbocycles. The Bertz CT molecular complexity index is 597. The molecule has 5 nitrogen and oxygen atoms in total. The zero-order chi connectivity index (χ0) is 15.6. The van der Waals surface area contributed by atoms with Crippen LogP contribution in [0.2, 0.25) is 0 Å². The van der Waals surface area contributed by atoms with Gasteiger partial charge in [0, 0.05) is 18.4 Å². The van der Waals surface area contributed by atoms with E-state index in [0.29, 0.717) is 17.3 Å². The minimum Gasteiger partial charge on any atom is -0.444 e. The number of aliphatic hydroxyl groups is 1. The van der Waals surface area contributed by atoms with E-state index < -0.39 is 11.9 Å². The molecule has 2 rings (SSSR count). The van der Waals surface area contributed by atoms with Gasteiger partial charge < -0.3 is 9.52 Å². The molecular weight excluding hydrogens is 287 g/mol. The summed E-state index contributed by atoms with van der Waals surface area (Å²) in [6.07, 6.45) is -2.81. The van der Waals surface area contributed by atoms with Gasteiger partial charge in [0.25, 0.3) is 0 Å². The largest absolute Gasteiger partial charge is 0.444 e. The number of rotatable bonds is 5.